The van der Waals surface area contributed by atoms with Crippen molar-refractivity contribution in [3.63, 3.8) is 0 Å². The van der Waals surface area contributed by atoms with Crippen molar-refractivity contribution in [2.75, 3.05) is 13.1 Å². The number of rotatable bonds is 8. The number of sulfonamides is 1. The summed E-state index contributed by atoms with van der Waals surface area (Å²) in [7, 11) is -3.56. The maximum Gasteiger partial charge on any atom is 0.240 e. The monoisotopic (exact) mass is 383 g/mol. The van der Waals surface area contributed by atoms with Gasteiger partial charge >= 0.3 is 0 Å². The van der Waals surface area contributed by atoms with E-state index in [1.54, 1.807) is 30.6 Å². The van der Waals surface area contributed by atoms with E-state index in [1.807, 2.05) is 13.0 Å². The Balaban J connectivity index is 1.53. The SMILES string of the molecule is Cc1cccc(CCNCC(C)NS(=O)(=O)c2ccc3cnccc3c2)c1. The second kappa shape index (κ2) is 8.61. The lowest BCUT2D eigenvalue weighted by Crippen LogP contribution is -2.40. The Morgan fingerprint density at radius 1 is 1.07 bits per heavy atom. The van der Waals surface area contributed by atoms with E-state index in [0.717, 1.165) is 23.7 Å². The third kappa shape index (κ3) is 5.35. The minimum absolute atomic E-state index is 0.208. The van der Waals surface area contributed by atoms with Crippen LogP contribution in [0.3, 0.4) is 0 Å². The number of fused-ring (bicyclic) bond motifs is 1. The Bertz CT molecular complexity index is 1020. The molecule has 0 amide bonds. The molecule has 27 heavy (non-hydrogen) atoms. The van der Waals surface area contributed by atoms with Crippen molar-refractivity contribution >= 4 is 20.8 Å². The molecule has 0 saturated carbocycles. The van der Waals surface area contributed by atoms with E-state index >= 15 is 0 Å². The average Bonchev–Trinajstić information content (AvgIpc) is 2.64. The van der Waals surface area contributed by atoms with Gasteiger partial charge in [0.05, 0.1) is 4.90 Å². The summed E-state index contributed by atoms with van der Waals surface area (Å²) in [6.07, 6.45) is 4.30. The fourth-order valence-corrected chi connectivity index (χ4v) is 4.30. The highest BCUT2D eigenvalue weighted by Crippen LogP contribution is 2.18. The zero-order valence-corrected chi connectivity index (χ0v) is 16.5. The van der Waals surface area contributed by atoms with E-state index in [1.165, 1.54) is 11.1 Å². The molecule has 3 aromatic rings. The highest BCUT2D eigenvalue weighted by molar-refractivity contribution is 7.89. The molecule has 1 heterocycles. The normalized spacial score (nSPS) is 13.0. The Kier molecular flexibility index (Phi) is 6.21. The van der Waals surface area contributed by atoms with Crippen LogP contribution in [0.4, 0.5) is 0 Å². The molecule has 1 atom stereocenters. The Hall–Kier alpha value is -2.28. The van der Waals surface area contributed by atoms with Crippen LogP contribution in [-0.2, 0) is 16.4 Å². The van der Waals surface area contributed by atoms with Crippen LogP contribution in [0, 0.1) is 6.92 Å². The van der Waals surface area contributed by atoms with Crippen LogP contribution >= 0.6 is 0 Å². The molecule has 0 aliphatic rings. The van der Waals surface area contributed by atoms with Gasteiger partial charge in [0.25, 0.3) is 0 Å². The first kappa shape index (κ1) is 19.5. The van der Waals surface area contributed by atoms with Crippen molar-refractivity contribution in [2.45, 2.75) is 31.2 Å². The predicted molar refractivity (Wildman–Crippen MR) is 109 cm³/mol. The van der Waals surface area contributed by atoms with Crippen molar-refractivity contribution in [2.24, 2.45) is 0 Å². The molecular weight excluding hydrogens is 358 g/mol. The molecule has 6 heteroatoms. The molecule has 0 bridgehead atoms. The van der Waals surface area contributed by atoms with Gasteiger partial charge in [-0.1, -0.05) is 35.9 Å². The number of nitrogens with one attached hydrogen (secondary N) is 2. The van der Waals surface area contributed by atoms with Crippen LogP contribution in [0.15, 0.2) is 65.8 Å². The van der Waals surface area contributed by atoms with Gasteiger partial charge in [-0.3, -0.25) is 4.98 Å². The molecule has 0 aliphatic heterocycles. The Labute approximate surface area is 160 Å². The highest BCUT2D eigenvalue weighted by Gasteiger charge is 2.17. The van der Waals surface area contributed by atoms with E-state index in [-0.39, 0.29) is 10.9 Å². The molecule has 0 radical (unpaired) electrons. The molecule has 2 aromatic carbocycles. The van der Waals surface area contributed by atoms with Gasteiger partial charge in [0.15, 0.2) is 0 Å². The minimum Gasteiger partial charge on any atom is -0.315 e. The average molecular weight is 384 g/mol. The zero-order chi connectivity index (χ0) is 19.3. The Morgan fingerprint density at radius 3 is 2.74 bits per heavy atom. The van der Waals surface area contributed by atoms with Crippen LogP contribution in [0.1, 0.15) is 18.1 Å². The standard InChI is InChI=1S/C21H25N3O2S/c1-16-4-3-5-18(12-16)8-10-22-14-17(2)24-27(25,26)21-7-6-20-15-23-11-9-19(20)13-21/h3-7,9,11-13,15,17,22,24H,8,10,14H2,1-2H3. The number of benzene rings is 2. The summed E-state index contributed by atoms with van der Waals surface area (Å²) >= 11 is 0. The third-order valence-electron chi connectivity index (χ3n) is 4.40. The molecule has 0 spiro atoms. The van der Waals surface area contributed by atoms with E-state index in [2.05, 4.69) is 46.2 Å². The lowest BCUT2D eigenvalue weighted by molar-refractivity contribution is 0.537. The maximum atomic E-state index is 12.6. The predicted octanol–water partition coefficient (Wildman–Crippen LogP) is 3.04. The second-order valence-electron chi connectivity index (χ2n) is 6.85. The molecule has 2 N–H and O–H groups in total. The maximum absolute atomic E-state index is 12.6. The van der Waals surface area contributed by atoms with Crippen molar-refractivity contribution in [3.8, 4) is 0 Å². The first-order valence-corrected chi connectivity index (χ1v) is 10.5. The van der Waals surface area contributed by atoms with E-state index in [0.29, 0.717) is 6.54 Å². The quantitative estimate of drug-likeness (QED) is 0.587. The first-order valence-electron chi connectivity index (χ1n) is 9.06. The van der Waals surface area contributed by atoms with Crippen LogP contribution in [0.25, 0.3) is 10.8 Å². The van der Waals surface area contributed by atoms with Gasteiger partial charge in [0.2, 0.25) is 10.0 Å². The smallest absolute Gasteiger partial charge is 0.240 e. The fourth-order valence-electron chi connectivity index (χ4n) is 3.02. The van der Waals surface area contributed by atoms with E-state index in [4.69, 9.17) is 0 Å². The topological polar surface area (TPSA) is 71.1 Å². The molecule has 0 aliphatic carbocycles. The lowest BCUT2D eigenvalue weighted by atomic mass is 10.1. The summed E-state index contributed by atoms with van der Waals surface area (Å²) < 4.78 is 28.0. The highest BCUT2D eigenvalue weighted by atomic mass is 32.2. The van der Waals surface area contributed by atoms with Gasteiger partial charge in [-0.25, -0.2) is 13.1 Å². The molecule has 0 saturated heterocycles. The lowest BCUT2D eigenvalue weighted by Gasteiger charge is -2.15. The van der Waals surface area contributed by atoms with E-state index < -0.39 is 10.0 Å². The number of pyridine rings is 1. The van der Waals surface area contributed by atoms with Gasteiger partial charge in [-0.2, -0.15) is 0 Å². The van der Waals surface area contributed by atoms with Crippen molar-refractivity contribution in [3.05, 3.63) is 72.1 Å². The summed E-state index contributed by atoms with van der Waals surface area (Å²) in [5.41, 5.74) is 2.53. The minimum atomic E-state index is -3.56. The molecule has 1 unspecified atom stereocenters. The third-order valence-corrected chi connectivity index (χ3v) is 5.99. The van der Waals surface area contributed by atoms with Gasteiger partial charge in [0, 0.05) is 30.4 Å². The molecule has 142 valence electrons. The molecule has 3 rings (SSSR count). The van der Waals surface area contributed by atoms with Crippen molar-refractivity contribution in [1.29, 1.82) is 0 Å². The number of hydrogen-bond acceptors (Lipinski definition) is 4. The molecular formula is C21H25N3O2S. The summed E-state index contributed by atoms with van der Waals surface area (Å²) in [6.45, 7) is 5.32. The molecule has 1 aromatic heterocycles. The summed E-state index contributed by atoms with van der Waals surface area (Å²) in [5, 5.41) is 5.10. The largest absolute Gasteiger partial charge is 0.315 e. The van der Waals surface area contributed by atoms with E-state index in [9.17, 15) is 8.42 Å². The van der Waals surface area contributed by atoms with Crippen molar-refractivity contribution < 1.29 is 8.42 Å². The molecule has 0 fully saturated rings. The second-order valence-corrected chi connectivity index (χ2v) is 8.56. The number of nitrogens with zero attached hydrogens (tertiary/aromatic N) is 1. The van der Waals surface area contributed by atoms with Crippen LogP contribution in [0.5, 0.6) is 0 Å². The first-order chi connectivity index (χ1) is 12.9. The summed E-state index contributed by atoms with van der Waals surface area (Å²) in [5.74, 6) is 0. The summed E-state index contributed by atoms with van der Waals surface area (Å²) in [4.78, 5) is 4.32. The van der Waals surface area contributed by atoms with Crippen molar-refractivity contribution in [1.82, 2.24) is 15.0 Å². The summed E-state index contributed by atoms with van der Waals surface area (Å²) in [6, 6.07) is 15.1. The van der Waals surface area contributed by atoms with Gasteiger partial charge in [0.1, 0.15) is 0 Å². The molecule has 5 nitrogen and oxygen atoms in total. The Morgan fingerprint density at radius 2 is 1.93 bits per heavy atom. The number of aromatic nitrogens is 1. The van der Waals surface area contributed by atoms with Gasteiger partial charge < -0.3 is 5.32 Å². The van der Waals surface area contributed by atoms with Crippen LogP contribution < -0.4 is 10.0 Å². The van der Waals surface area contributed by atoms with Crippen LogP contribution in [0.2, 0.25) is 0 Å². The van der Waals surface area contributed by atoms with Gasteiger partial charge in [-0.15, -0.1) is 0 Å². The number of aryl methyl sites for hydroxylation is 1. The van der Waals surface area contributed by atoms with Crippen LogP contribution in [-0.4, -0.2) is 32.5 Å². The fraction of sp³-hybridized carbons (Fsp3) is 0.286. The number of hydrogen-bond donors (Lipinski definition) is 2. The van der Waals surface area contributed by atoms with Gasteiger partial charge in [-0.05, 0) is 56.0 Å². The zero-order valence-electron chi connectivity index (χ0n) is 15.6.